The van der Waals surface area contributed by atoms with Crippen molar-refractivity contribution in [3.63, 3.8) is 0 Å². The van der Waals surface area contributed by atoms with Crippen molar-refractivity contribution in [1.29, 1.82) is 0 Å². The topological polar surface area (TPSA) is 89.3 Å². The average Bonchev–Trinajstić information content (AvgIpc) is 2.40. The summed E-state index contributed by atoms with van der Waals surface area (Å²) in [6, 6.07) is 8.51. The fourth-order valence-electron chi connectivity index (χ4n) is 1.82. The Morgan fingerprint density at radius 2 is 1.95 bits per heavy atom. The van der Waals surface area contributed by atoms with Gasteiger partial charge in [0.15, 0.2) is 0 Å². The van der Waals surface area contributed by atoms with Crippen LogP contribution in [0.25, 0.3) is 0 Å². The molecule has 0 atom stereocenters. The van der Waals surface area contributed by atoms with E-state index in [0.717, 1.165) is 0 Å². The molecule has 0 heterocycles. The molecule has 0 aliphatic carbocycles. The summed E-state index contributed by atoms with van der Waals surface area (Å²) in [5.41, 5.74) is 0.194. The lowest BCUT2D eigenvalue weighted by atomic mass is 10.2. The van der Waals surface area contributed by atoms with Crippen molar-refractivity contribution in [2.75, 3.05) is 4.72 Å². The van der Waals surface area contributed by atoms with Crippen molar-refractivity contribution in [2.45, 2.75) is 11.8 Å². The van der Waals surface area contributed by atoms with Crippen molar-refractivity contribution in [3.05, 3.63) is 61.6 Å². The summed E-state index contributed by atoms with van der Waals surface area (Å²) >= 11 is 9.14. The van der Waals surface area contributed by atoms with E-state index in [1.165, 1.54) is 37.3 Å². The third kappa shape index (κ3) is 3.40. The highest BCUT2D eigenvalue weighted by Crippen LogP contribution is 2.30. The Balaban J connectivity index is 2.46. The highest BCUT2D eigenvalue weighted by molar-refractivity contribution is 9.10. The van der Waals surface area contributed by atoms with Crippen molar-refractivity contribution in [1.82, 2.24) is 0 Å². The molecule has 0 aliphatic rings. The molecule has 2 aromatic carbocycles. The molecule has 0 spiro atoms. The van der Waals surface area contributed by atoms with E-state index >= 15 is 0 Å². The molecule has 0 unspecified atom stereocenters. The molecule has 2 rings (SSSR count). The van der Waals surface area contributed by atoms with Crippen molar-refractivity contribution in [3.8, 4) is 0 Å². The monoisotopic (exact) mass is 404 g/mol. The van der Waals surface area contributed by atoms with Gasteiger partial charge in [0.1, 0.15) is 4.90 Å². The van der Waals surface area contributed by atoms with Gasteiger partial charge in [-0.3, -0.25) is 14.8 Å². The fourth-order valence-corrected chi connectivity index (χ4v) is 3.99. The van der Waals surface area contributed by atoms with Gasteiger partial charge in [-0.15, -0.1) is 0 Å². The molecule has 1 N–H and O–H groups in total. The number of nitro groups is 1. The number of anilines is 1. The molecule has 6 nitrogen and oxygen atoms in total. The van der Waals surface area contributed by atoms with Gasteiger partial charge in [-0.05, 0) is 31.2 Å². The Hall–Kier alpha value is -1.64. The van der Waals surface area contributed by atoms with Gasteiger partial charge in [0.05, 0.1) is 21.2 Å². The lowest BCUT2D eigenvalue weighted by Crippen LogP contribution is -2.14. The van der Waals surface area contributed by atoms with Crippen molar-refractivity contribution >= 4 is 48.9 Å². The van der Waals surface area contributed by atoms with Gasteiger partial charge < -0.3 is 0 Å². The third-order valence-electron chi connectivity index (χ3n) is 2.93. The molecule has 0 saturated heterocycles. The predicted octanol–water partition coefficient (Wildman–Crippen LogP) is 4.12. The first kappa shape index (κ1) is 16.7. The zero-order valence-corrected chi connectivity index (χ0v) is 14.4. The second-order valence-electron chi connectivity index (χ2n) is 4.39. The molecule has 116 valence electrons. The van der Waals surface area contributed by atoms with Crippen LogP contribution in [0.3, 0.4) is 0 Å². The molecule has 0 fully saturated rings. The van der Waals surface area contributed by atoms with Gasteiger partial charge in [0.2, 0.25) is 0 Å². The first-order valence-corrected chi connectivity index (χ1v) is 8.59. The SMILES string of the molecule is Cc1c(NS(=O)(=O)c2ccc(Br)cc2Cl)cccc1[N+](=O)[O-]. The number of benzene rings is 2. The highest BCUT2D eigenvalue weighted by atomic mass is 79.9. The summed E-state index contributed by atoms with van der Waals surface area (Å²) in [4.78, 5) is 10.2. The quantitative estimate of drug-likeness (QED) is 0.612. The zero-order valence-electron chi connectivity index (χ0n) is 11.2. The third-order valence-corrected chi connectivity index (χ3v) is 5.27. The molecule has 0 saturated carbocycles. The molecular weight excluding hydrogens is 396 g/mol. The van der Waals surface area contributed by atoms with E-state index in [9.17, 15) is 18.5 Å². The summed E-state index contributed by atoms with van der Waals surface area (Å²) in [6.45, 7) is 1.47. The Kier molecular flexibility index (Phi) is 4.74. The number of nitrogens with one attached hydrogen (secondary N) is 1. The van der Waals surface area contributed by atoms with E-state index < -0.39 is 14.9 Å². The first-order valence-electron chi connectivity index (χ1n) is 5.94. The predicted molar refractivity (Wildman–Crippen MR) is 87.8 cm³/mol. The molecule has 22 heavy (non-hydrogen) atoms. The standard InChI is InChI=1S/C13H10BrClN2O4S/c1-8-11(3-2-4-12(8)17(18)19)16-22(20,21)13-6-5-9(14)7-10(13)15/h2-7,16H,1H3. The van der Waals surface area contributed by atoms with Crippen molar-refractivity contribution in [2.24, 2.45) is 0 Å². The Labute approximate surface area is 140 Å². The summed E-state index contributed by atoms with van der Waals surface area (Å²) in [7, 11) is -3.95. The van der Waals surface area contributed by atoms with Crippen LogP contribution in [0, 0.1) is 17.0 Å². The van der Waals surface area contributed by atoms with E-state index in [1.807, 2.05) is 0 Å². The zero-order chi connectivity index (χ0) is 16.5. The largest absolute Gasteiger partial charge is 0.279 e. The van der Waals surface area contributed by atoms with Crippen LogP contribution in [0.1, 0.15) is 5.56 Å². The van der Waals surface area contributed by atoms with Gasteiger partial charge in [-0.2, -0.15) is 0 Å². The number of rotatable bonds is 4. The van der Waals surface area contributed by atoms with Crippen LogP contribution in [0.2, 0.25) is 5.02 Å². The van der Waals surface area contributed by atoms with Gasteiger partial charge in [0.25, 0.3) is 15.7 Å². The molecule has 0 bridgehead atoms. The average molecular weight is 406 g/mol. The molecular formula is C13H10BrClN2O4S. The second-order valence-corrected chi connectivity index (χ2v) is 7.36. The van der Waals surface area contributed by atoms with E-state index in [4.69, 9.17) is 11.6 Å². The van der Waals surface area contributed by atoms with Crippen LogP contribution < -0.4 is 4.72 Å². The first-order chi connectivity index (χ1) is 10.2. The fraction of sp³-hybridized carbons (Fsp3) is 0.0769. The highest BCUT2D eigenvalue weighted by Gasteiger charge is 2.21. The molecule has 2 aromatic rings. The second kappa shape index (κ2) is 6.23. The van der Waals surface area contributed by atoms with Crippen LogP contribution >= 0.6 is 27.5 Å². The van der Waals surface area contributed by atoms with Crippen LogP contribution in [-0.4, -0.2) is 13.3 Å². The number of hydrogen-bond donors (Lipinski definition) is 1. The van der Waals surface area contributed by atoms with Crippen LogP contribution in [-0.2, 0) is 10.0 Å². The number of halogens is 2. The Morgan fingerprint density at radius 3 is 2.55 bits per heavy atom. The number of nitro benzene ring substituents is 1. The van der Waals surface area contributed by atoms with Gasteiger partial charge in [0, 0.05) is 10.5 Å². The smallest absolute Gasteiger partial charge is 0.274 e. The van der Waals surface area contributed by atoms with Gasteiger partial charge in [-0.25, -0.2) is 8.42 Å². The maximum absolute atomic E-state index is 12.4. The minimum Gasteiger partial charge on any atom is -0.279 e. The maximum atomic E-state index is 12.4. The van der Waals surface area contributed by atoms with E-state index in [2.05, 4.69) is 20.7 Å². The van der Waals surface area contributed by atoms with Gasteiger partial charge >= 0.3 is 0 Å². The molecule has 0 amide bonds. The molecule has 0 radical (unpaired) electrons. The number of nitrogens with zero attached hydrogens (tertiary/aromatic N) is 1. The van der Waals surface area contributed by atoms with E-state index in [-0.39, 0.29) is 26.9 Å². The number of hydrogen-bond acceptors (Lipinski definition) is 4. The minimum atomic E-state index is -3.95. The van der Waals surface area contributed by atoms with Gasteiger partial charge in [-0.1, -0.05) is 33.6 Å². The summed E-state index contributed by atoms with van der Waals surface area (Å²) in [5, 5.41) is 10.9. The molecule has 9 heteroatoms. The van der Waals surface area contributed by atoms with Crippen LogP contribution in [0.15, 0.2) is 45.8 Å². The summed E-state index contributed by atoms with van der Waals surface area (Å²) in [5.74, 6) is 0. The molecule has 0 aliphatic heterocycles. The normalized spacial score (nSPS) is 11.2. The van der Waals surface area contributed by atoms with Crippen LogP contribution in [0.4, 0.5) is 11.4 Å². The Bertz CT molecular complexity index is 855. The number of sulfonamides is 1. The van der Waals surface area contributed by atoms with E-state index in [1.54, 1.807) is 6.07 Å². The van der Waals surface area contributed by atoms with Crippen LogP contribution in [0.5, 0.6) is 0 Å². The lowest BCUT2D eigenvalue weighted by molar-refractivity contribution is -0.385. The minimum absolute atomic E-state index is 0.0463. The molecule has 0 aromatic heterocycles. The summed E-state index contributed by atoms with van der Waals surface area (Å²) < 4.78 is 27.7. The van der Waals surface area contributed by atoms with Crippen molar-refractivity contribution < 1.29 is 13.3 Å². The summed E-state index contributed by atoms with van der Waals surface area (Å²) in [6.07, 6.45) is 0. The Morgan fingerprint density at radius 1 is 1.27 bits per heavy atom. The van der Waals surface area contributed by atoms with E-state index in [0.29, 0.717) is 4.47 Å². The maximum Gasteiger partial charge on any atom is 0.274 e. The lowest BCUT2D eigenvalue weighted by Gasteiger charge is -2.11.